The van der Waals surface area contributed by atoms with Crippen molar-refractivity contribution in [3.05, 3.63) is 94.4 Å². The van der Waals surface area contributed by atoms with Crippen molar-refractivity contribution in [3.8, 4) is 0 Å². The topological polar surface area (TPSA) is 117 Å². The van der Waals surface area contributed by atoms with Crippen LogP contribution in [0.4, 0.5) is 19.0 Å². The third-order valence-corrected chi connectivity index (χ3v) is 5.37. The molecule has 1 aromatic heterocycles. The molecule has 10 heteroatoms. The highest BCUT2D eigenvalue weighted by Crippen LogP contribution is 2.13. The van der Waals surface area contributed by atoms with Gasteiger partial charge in [0.25, 0.3) is 0 Å². The lowest BCUT2D eigenvalue weighted by Gasteiger charge is -2.21. The molecule has 3 aromatic rings. The van der Waals surface area contributed by atoms with Crippen LogP contribution in [0.3, 0.4) is 0 Å². The number of aliphatic hydroxyl groups excluding tert-OH is 1. The van der Waals surface area contributed by atoms with Gasteiger partial charge in [0.1, 0.15) is 23.8 Å². The van der Waals surface area contributed by atoms with Gasteiger partial charge in [-0.25, -0.2) is 18.2 Å². The molecule has 0 aliphatic carbocycles. The zero-order valence-corrected chi connectivity index (χ0v) is 18.9. The van der Waals surface area contributed by atoms with Crippen molar-refractivity contribution in [1.29, 1.82) is 0 Å². The van der Waals surface area contributed by atoms with E-state index in [2.05, 4.69) is 15.6 Å². The number of carbonyl (C=O) groups excluding carboxylic acids is 2. The molecule has 0 spiro atoms. The van der Waals surface area contributed by atoms with E-state index in [4.69, 9.17) is 5.73 Å². The van der Waals surface area contributed by atoms with Crippen molar-refractivity contribution in [1.82, 2.24) is 15.6 Å². The van der Waals surface area contributed by atoms with Crippen LogP contribution in [0, 0.1) is 24.4 Å². The minimum Gasteiger partial charge on any atom is -0.384 e. The Labute approximate surface area is 200 Å². The van der Waals surface area contributed by atoms with Crippen molar-refractivity contribution in [2.45, 2.75) is 38.5 Å². The van der Waals surface area contributed by atoms with Crippen LogP contribution in [-0.2, 0) is 29.0 Å². The summed E-state index contributed by atoms with van der Waals surface area (Å²) in [5, 5.41) is 15.5. The predicted molar refractivity (Wildman–Crippen MR) is 123 cm³/mol. The molecule has 2 aromatic carbocycles. The Morgan fingerprint density at radius 1 is 0.943 bits per heavy atom. The molecule has 0 aliphatic heterocycles. The molecular formula is C25H25F3N4O3. The molecule has 0 saturated carbocycles. The lowest BCUT2D eigenvalue weighted by atomic mass is 10.0. The first-order valence-corrected chi connectivity index (χ1v) is 10.8. The van der Waals surface area contributed by atoms with Crippen LogP contribution < -0.4 is 16.4 Å². The lowest BCUT2D eigenvalue weighted by molar-refractivity contribution is -0.134. The molecule has 35 heavy (non-hydrogen) atoms. The molecule has 2 amide bonds. The number of hydrogen-bond donors (Lipinski definition) is 4. The standard InChI is InChI=1S/C25H25F3N4O3/c1-14-17(5-9-23(29)31-14)13-30-24(34)21(11-16-4-8-19(27)20(28)10-16)32-25(35)22(33)12-15-2-6-18(26)7-3-15/h2-10,21-22,33H,11-13H2,1H3,(H2,29,31)(H,30,34)(H,32,35)/t21-,22+/m0/s1. The molecule has 184 valence electrons. The zero-order valence-electron chi connectivity index (χ0n) is 18.9. The zero-order chi connectivity index (χ0) is 25.5. The van der Waals surface area contributed by atoms with E-state index >= 15 is 0 Å². The number of rotatable bonds is 9. The van der Waals surface area contributed by atoms with Crippen LogP contribution in [0.25, 0.3) is 0 Å². The van der Waals surface area contributed by atoms with Gasteiger partial charge in [-0.3, -0.25) is 9.59 Å². The fourth-order valence-electron chi connectivity index (χ4n) is 3.42. The molecule has 3 rings (SSSR count). The number of nitrogens with one attached hydrogen (secondary N) is 2. The van der Waals surface area contributed by atoms with E-state index in [9.17, 15) is 27.9 Å². The maximum absolute atomic E-state index is 13.7. The summed E-state index contributed by atoms with van der Waals surface area (Å²) < 4.78 is 40.1. The molecular weight excluding hydrogens is 461 g/mol. The third kappa shape index (κ3) is 7.28. The van der Waals surface area contributed by atoms with E-state index in [-0.39, 0.29) is 24.9 Å². The smallest absolute Gasteiger partial charge is 0.249 e. The van der Waals surface area contributed by atoms with Crippen molar-refractivity contribution < 1.29 is 27.9 Å². The van der Waals surface area contributed by atoms with Crippen LogP contribution >= 0.6 is 0 Å². The van der Waals surface area contributed by atoms with Gasteiger partial charge in [-0.1, -0.05) is 24.3 Å². The Morgan fingerprint density at radius 3 is 2.29 bits per heavy atom. The van der Waals surface area contributed by atoms with E-state index in [0.29, 0.717) is 22.6 Å². The summed E-state index contributed by atoms with van der Waals surface area (Å²) >= 11 is 0. The second-order valence-corrected chi connectivity index (χ2v) is 8.06. The van der Waals surface area contributed by atoms with Gasteiger partial charge in [-0.2, -0.15) is 0 Å². The predicted octanol–water partition coefficient (Wildman–Crippen LogP) is 2.34. The summed E-state index contributed by atoms with van der Waals surface area (Å²) in [6, 6.07) is 10.5. The summed E-state index contributed by atoms with van der Waals surface area (Å²) in [5.74, 6) is -3.71. The largest absolute Gasteiger partial charge is 0.384 e. The second kappa shape index (κ2) is 11.5. The number of pyridine rings is 1. The van der Waals surface area contributed by atoms with Gasteiger partial charge in [0.15, 0.2) is 11.6 Å². The second-order valence-electron chi connectivity index (χ2n) is 8.06. The van der Waals surface area contributed by atoms with Gasteiger partial charge in [0.2, 0.25) is 11.8 Å². The summed E-state index contributed by atoms with van der Waals surface area (Å²) in [6.07, 6.45) is -1.79. The number of nitrogens with two attached hydrogens (primary N) is 1. The molecule has 0 radical (unpaired) electrons. The summed E-state index contributed by atoms with van der Waals surface area (Å²) in [6.45, 7) is 1.81. The first kappa shape index (κ1) is 25.7. The first-order chi connectivity index (χ1) is 16.6. The number of amides is 2. The average molecular weight is 486 g/mol. The maximum atomic E-state index is 13.7. The Hall–Kier alpha value is -3.92. The normalized spacial score (nSPS) is 12.6. The minimum atomic E-state index is -1.52. The van der Waals surface area contributed by atoms with Gasteiger partial charge in [0, 0.05) is 25.1 Å². The molecule has 0 bridgehead atoms. The number of carbonyl (C=O) groups is 2. The Balaban J connectivity index is 1.72. The number of anilines is 1. The highest BCUT2D eigenvalue weighted by atomic mass is 19.2. The minimum absolute atomic E-state index is 0.0836. The monoisotopic (exact) mass is 486 g/mol. The third-order valence-electron chi connectivity index (χ3n) is 5.37. The van der Waals surface area contributed by atoms with Crippen LogP contribution in [0.1, 0.15) is 22.4 Å². The summed E-state index contributed by atoms with van der Waals surface area (Å²) in [5.41, 5.74) is 7.73. The van der Waals surface area contributed by atoms with E-state index in [1.54, 1.807) is 19.1 Å². The van der Waals surface area contributed by atoms with Crippen LogP contribution in [-0.4, -0.2) is 34.1 Å². The highest BCUT2D eigenvalue weighted by Gasteiger charge is 2.25. The molecule has 0 saturated heterocycles. The number of aromatic nitrogens is 1. The van der Waals surface area contributed by atoms with Gasteiger partial charge in [-0.15, -0.1) is 0 Å². The molecule has 0 fully saturated rings. The number of nitrogen functional groups attached to an aromatic ring is 1. The molecule has 1 heterocycles. The number of aliphatic hydroxyl groups is 1. The first-order valence-electron chi connectivity index (χ1n) is 10.8. The molecule has 2 atom stereocenters. The van der Waals surface area contributed by atoms with Crippen molar-refractivity contribution in [2.24, 2.45) is 0 Å². The molecule has 0 unspecified atom stereocenters. The van der Waals surface area contributed by atoms with Gasteiger partial charge in [0.05, 0.1) is 0 Å². The maximum Gasteiger partial charge on any atom is 0.249 e. The number of benzene rings is 2. The molecule has 5 N–H and O–H groups in total. The SMILES string of the molecule is Cc1nc(N)ccc1CNC(=O)[C@H](Cc1ccc(F)c(F)c1)NC(=O)[C@H](O)Cc1ccc(F)cc1. The lowest BCUT2D eigenvalue weighted by Crippen LogP contribution is -2.51. The van der Waals surface area contributed by atoms with Gasteiger partial charge in [-0.05, 0) is 53.9 Å². The Kier molecular flexibility index (Phi) is 8.43. The van der Waals surface area contributed by atoms with Gasteiger partial charge < -0.3 is 21.5 Å². The van der Waals surface area contributed by atoms with E-state index in [0.717, 1.165) is 12.1 Å². The fraction of sp³-hybridized carbons (Fsp3) is 0.240. The van der Waals surface area contributed by atoms with Crippen LogP contribution in [0.5, 0.6) is 0 Å². The molecule has 7 nitrogen and oxygen atoms in total. The fourth-order valence-corrected chi connectivity index (χ4v) is 3.42. The van der Waals surface area contributed by atoms with E-state index < -0.39 is 41.4 Å². The number of hydrogen-bond acceptors (Lipinski definition) is 5. The number of aryl methyl sites for hydroxylation is 1. The van der Waals surface area contributed by atoms with Gasteiger partial charge >= 0.3 is 0 Å². The van der Waals surface area contributed by atoms with Crippen molar-refractivity contribution in [3.63, 3.8) is 0 Å². The highest BCUT2D eigenvalue weighted by molar-refractivity contribution is 5.89. The number of halogens is 3. The summed E-state index contributed by atoms with van der Waals surface area (Å²) in [7, 11) is 0. The van der Waals surface area contributed by atoms with Crippen molar-refractivity contribution in [2.75, 3.05) is 5.73 Å². The van der Waals surface area contributed by atoms with Crippen LogP contribution in [0.2, 0.25) is 0 Å². The quantitative estimate of drug-likeness (QED) is 0.370. The van der Waals surface area contributed by atoms with E-state index in [1.807, 2.05) is 0 Å². The van der Waals surface area contributed by atoms with E-state index in [1.165, 1.54) is 30.3 Å². The van der Waals surface area contributed by atoms with Crippen LogP contribution in [0.15, 0.2) is 54.6 Å². The van der Waals surface area contributed by atoms with Crippen molar-refractivity contribution >= 4 is 17.6 Å². The average Bonchev–Trinajstić information content (AvgIpc) is 2.81. The summed E-state index contributed by atoms with van der Waals surface area (Å²) in [4.78, 5) is 29.7. The molecule has 0 aliphatic rings. The Bertz CT molecular complexity index is 1210. The Morgan fingerprint density at radius 2 is 1.63 bits per heavy atom. The number of nitrogens with zero attached hydrogens (tertiary/aromatic N) is 1.